The largest absolute Gasteiger partial charge is 0.334 e. The Morgan fingerprint density at radius 1 is 1.17 bits per heavy atom. The second kappa shape index (κ2) is 8.10. The maximum Gasteiger partial charge on any atom is 0.274 e. The molecule has 146 valence electrons. The van der Waals surface area contributed by atoms with Crippen molar-refractivity contribution in [2.45, 2.75) is 13.0 Å². The molecule has 0 radical (unpaired) electrons. The van der Waals surface area contributed by atoms with Crippen LogP contribution in [0.15, 0.2) is 61.1 Å². The minimum Gasteiger partial charge on any atom is -0.334 e. The molecule has 3 heterocycles. The van der Waals surface area contributed by atoms with Gasteiger partial charge in [0.25, 0.3) is 5.91 Å². The summed E-state index contributed by atoms with van der Waals surface area (Å²) in [5, 5.41) is 6.97. The van der Waals surface area contributed by atoms with Gasteiger partial charge in [-0.25, -0.2) is 0 Å². The number of pyridine rings is 1. The van der Waals surface area contributed by atoms with Crippen molar-refractivity contribution in [3.05, 3.63) is 83.4 Å². The van der Waals surface area contributed by atoms with Crippen molar-refractivity contribution < 1.29 is 9.59 Å². The van der Waals surface area contributed by atoms with Crippen LogP contribution in [0.5, 0.6) is 0 Å². The topological polar surface area (TPSA) is 80.1 Å². The predicted octanol–water partition coefficient (Wildman–Crippen LogP) is 2.67. The Hall–Kier alpha value is -3.74. The van der Waals surface area contributed by atoms with Crippen LogP contribution in [-0.4, -0.2) is 38.0 Å². The first-order chi connectivity index (χ1) is 14.1. The minimum absolute atomic E-state index is 0.0394. The van der Waals surface area contributed by atoms with Gasteiger partial charge < -0.3 is 10.2 Å². The van der Waals surface area contributed by atoms with Crippen molar-refractivity contribution >= 4 is 23.6 Å². The molecule has 0 saturated heterocycles. The summed E-state index contributed by atoms with van der Waals surface area (Å²) in [4.78, 5) is 30.8. The molecule has 1 aromatic carbocycles. The van der Waals surface area contributed by atoms with Crippen LogP contribution >= 0.6 is 0 Å². The number of nitrogens with zero attached hydrogens (tertiary/aromatic N) is 4. The summed E-state index contributed by atoms with van der Waals surface area (Å²) in [7, 11) is 1.84. The Labute approximate surface area is 168 Å². The van der Waals surface area contributed by atoms with Crippen LogP contribution in [0, 0.1) is 0 Å². The van der Waals surface area contributed by atoms with Gasteiger partial charge in [-0.2, -0.15) is 5.10 Å². The highest BCUT2D eigenvalue weighted by Crippen LogP contribution is 2.23. The van der Waals surface area contributed by atoms with Gasteiger partial charge in [0.15, 0.2) is 0 Å². The molecule has 3 aromatic rings. The highest BCUT2D eigenvalue weighted by molar-refractivity contribution is 6.02. The zero-order valence-corrected chi connectivity index (χ0v) is 16.1. The van der Waals surface area contributed by atoms with E-state index in [1.54, 1.807) is 52.3 Å². The first-order valence-electron chi connectivity index (χ1n) is 9.38. The number of benzene rings is 1. The molecule has 4 rings (SSSR count). The van der Waals surface area contributed by atoms with E-state index < -0.39 is 0 Å². The van der Waals surface area contributed by atoms with E-state index in [1.165, 1.54) is 5.56 Å². The fourth-order valence-electron chi connectivity index (χ4n) is 3.31. The van der Waals surface area contributed by atoms with Crippen LogP contribution in [-0.2, 0) is 24.8 Å². The number of hydrogen-bond acceptors (Lipinski definition) is 4. The number of anilines is 1. The summed E-state index contributed by atoms with van der Waals surface area (Å²) < 4.78 is 1.70. The maximum atomic E-state index is 12.6. The van der Waals surface area contributed by atoms with Gasteiger partial charge in [0.2, 0.25) is 5.91 Å². The van der Waals surface area contributed by atoms with Crippen LogP contribution in [0.3, 0.4) is 0 Å². The van der Waals surface area contributed by atoms with Gasteiger partial charge in [0, 0.05) is 49.9 Å². The van der Waals surface area contributed by atoms with Crippen molar-refractivity contribution in [3.8, 4) is 0 Å². The lowest BCUT2D eigenvalue weighted by Gasteiger charge is -2.28. The third-order valence-corrected chi connectivity index (χ3v) is 4.83. The molecule has 2 aromatic heterocycles. The molecule has 0 bridgehead atoms. The molecule has 1 N–H and O–H groups in total. The number of carbonyl (C=O) groups excluding carboxylic acids is 2. The molecule has 0 fully saturated rings. The van der Waals surface area contributed by atoms with Crippen molar-refractivity contribution in [1.29, 1.82) is 0 Å². The lowest BCUT2D eigenvalue weighted by molar-refractivity contribution is -0.126. The Morgan fingerprint density at radius 2 is 2.07 bits per heavy atom. The van der Waals surface area contributed by atoms with Gasteiger partial charge in [-0.15, -0.1) is 0 Å². The first-order valence-corrected chi connectivity index (χ1v) is 9.38. The number of hydrogen-bond donors (Lipinski definition) is 1. The number of fused-ring (bicyclic) bond motifs is 1. The van der Waals surface area contributed by atoms with E-state index in [1.807, 2.05) is 31.4 Å². The number of rotatable bonds is 4. The molecule has 2 amide bonds. The van der Waals surface area contributed by atoms with E-state index in [0.29, 0.717) is 24.5 Å². The van der Waals surface area contributed by atoms with Gasteiger partial charge >= 0.3 is 0 Å². The average Bonchev–Trinajstić information content (AvgIpc) is 3.17. The summed E-state index contributed by atoms with van der Waals surface area (Å²) in [6.07, 6.45) is 9.29. The summed E-state index contributed by atoms with van der Waals surface area (Å²) >= 11 is 0. The Morgan fingerprint density at radius 3 is 2.83 bits per heavy atom. The fraction of sp³-hybridized carbons (Fsp3) is 0.182. The summed E-state index contributed by atoms with van der Waals surface area (Å²) in [6, 6.07) is 11.0. The van der Waals surface area contributed by atoms with Crippen molar-refractivity contribution in [1.82, 2.24) is 19.7 Å². The Kier molecular flexibility index (Phi) is 5.20. The number of carbonyl (C=O) groups is 2. The molecule has 0 unspecified atom stereocenters. The van der Waals surface area contributed by atoms with Gasteiger partial charge in [-0.3, -0.25) is 19.3 Å². The number of aromatic nitrogens is 3. The molecule has 0 spiro atoms. The molecule has 0 atom stereocenters. The number of aryl methyl sites for hydroxylation is 1. The Bertz CT molecular complexity index is 1070. The van der Waals surface area contributed by atoms with E-state index in [0.717, 1.165) is 17.5 Å². The number of nitrogens with one attached hydrogen (secondary N) is 1. The lowest BCUT2D eigenvalue weighted by Crippen LogP contribution is -2.34. The first kappa shape index (κ1) is 18.6. The van der Waals surface area contributed by atoms with Crippen LogP contribution < -0.4 is 5.32 Å². The maximum absolute atomic E-state index is 12.6. The van der Waals surface area contributed by atoms with Crippen molar-refractivity contribution in [2.24, 2.45) is 7.05 Å². The predicted molar refractivity (Wildman–Crippen MR) is 110 cm³/mol. The third kappa shape index (κ3) is 4.40. The summed E-state index contributed by atoms with van der Waals surface area (Å²) in [6.45, 7) is 1.18. The second-order valence-electron chi connectivity index (χ2n) is 6.94. The lowest BCUT2D eigenvalue weighted by atomic mass is 9.99. The van der Waals surface area contributed by atoms with Crippen LogP contribution in [0.1, 0.15) is 27.2 Å². The monoisotopic (exact) mass is 387 g/mol. The summed E-state index contributed by atoms with van der Waals surface area (Å²) in [5.74, 6) is -0.295. The van der Waals surface area contributed by atoms with E-state index >= 15 is 0 Å². The molecule has 1 aliphatic rings. The second-order valence-corrected chi connectivity index (χ2v) is 6.94. The van der Waals surface area contributed by atoms with E-state index in [-0.39, 0.29) is 11.8 Å². The van der Waals surface area contributed by atoms with Crippen LogP contribution in [0.4, 0.5) is 5.69 Å². The molecule has 7 nitrogen and oxygen atoms in total. The van der Waals surface area contributed by atoms with Crippen LogP contribution in [0.2, 0.25) is 0 Å². The molecule has 0 aliphatic carbocycles. The zero-order chi connectivity index (χ0) is 20.2. The van der Waals surface area contributed by atoms with E-state index in [9.17, 15) is 9.59 Å². The van der Waals surface area contributed by atoms with Gasteiger partial charge in [0.1, 0.15) is 5.69 Å². The Balaban J connectivity index is 1.44. The van der Waals surface area contributed by atoms with E-state index in [2.05, 4.69) is 15.4 Å². The molecular weight excluding hydrogens is 366 g/mol. The van der Waals surface area contributed by atoms with Crippen LogP contribution in [0.25, 0.3) is 6.08 Å². The standard InChI is InChI=1S/C22H21N5O2/c1-26-14-16(13-24-26)5-8-21(28)27-11-9-17-6-7-19(12-18(17)15-27)25-22(29)20-4-2-3-10-23-20/h2-8,10,12-14H,9,11,15H2,1H3,(H,25,29)/b8-5+. The van der Waals surface area contributed by atoms with E-state index in [4.69, 9.17) is 0 Å². The van der Waals surface area contributed by atoms with Crippen molar-refractivity contribution in [2.75, 3.05) is 11.9 Å². The highest BCUT2D eigenvalue weighted by atomic mass is 16.2. The molecule has 1 aliphatic heterocycles. The third-order valence-electron chi connectivity index (χ3n) is 4.83. The fourth-order valence-corrected chi connectivity index (χ4v) is 3.31. The molecule has 29 heavy (non-hydrogen) atoms. The molecule has 0 saturated carbocycles. The van der Waals surface area contributed by atoms with Gasteiger partial charge in [-0.05, 0) is 47.9 Å². The quantitative estimate of drug-likeness (QED) is 0.698. The zero-order valence-electron chi connectivity index (χ0n) is 16.1. The van der Waals surface area contributed by atoms with Crippen molar-refractivity contribution in [3.63, 3.8) is 0 Å². The average molecular weight is 387 g/mol. The molecule has 7 heteroatoms. The smallest absolute Gasteiger partial charge is 0.274 e. The SMILES string of the molecule is Cn1cc(/C=C/C(=O)N2CCc3ccc(NC(=O)c4ccccn4)cc3C2)cn1. The minimum atomic E-state index is -0.256. The summed E-state index contributed by atoms with van der Waals surface area (Å²) in [5.41, 5.74) is 4.18. The van der Waals surface area contributed by atoms with Gasteiger partial charge in [-0.1, -0.05) is 12.1 Å². The number of amides is 2. The molecular formula is C22H21N5O2. The van der Waals surface area contributed by atoms with Gasteiger partial charge in [0.05, 0.1) is 6.20 Å². The normalized spacial score (nSPS) is 13.3. The highest BCUT2D eigenvalue weighted by Gasteiger charge is 2.20.